The smallest absolute Gasteiger partial charge is 0.0657 e. The molecule has 1 aromatic carbocycles. The van der Waals surface area contributed by atoms with E-state index in [9.17, 15) is 0 Å². The first-order chi connectivity index (χ1) is 7.15. The third-order valence-corrected chi connectivity index (χ3v) is 4.57. The highest BCUT2D eigenvalue weighted by molar-refractivity contribution is 8.00. The van der Waals surface area contributed by atoms with Crippen LogP contribution in [0.2, 0.25) is 5.02 Å². The van der Waals surface area contributed by atoms with Crippen LogP contribution in [0.25, 0.3) is 0 Å². The Bertz CT molecular complexity index is 364. The molecule has 82 valence electrons. The molecular formula is C11H15ClN2S. The summed E-state index contributed by atoms with van der Waals surface area (Å²) in [6.45, 7) is 0.984. The Morgan fingerprint density at radius 1 is 1.53 bits per heavy atom. The Balaban J connectivity index is 1.99. The maximum Gasteiger partial charge on any atom is 0.0657 e. The van der Waals surface area contributed by atoms with Crippen LogP contribution in [0, 0.1) is 0 Å². The molecule has 0 radical (unpaired) electrons. The fraction of sp³-hybridized carbons (Fsp3) is 0.455. The Kier molecular flexibility index (Phi) is 3.03. The van der Waals surface area contributed by atoms with Crippen LogP contribution in [0.3, 0.4) is 0 Å². The molecular weight excluding hydrogens is 228 g/mol. The summed E-state index contributed by atoms with van der Waals surface area (Å²) in [6.07, 6.45) is 4.76. The van der Waals surface area contributed by atoms with Gasteiger partial charge in [0, 0.05) is 17.0 Å². The maximum atomic E-state index is 6.07. The lowest BCUT2D eigenvalue weighted by Crippen LogP contribution is -2.17. The average Bonchev–Trinajstić information content (AvgIpc) is 2.97. The van der Waals surface area contributed by atoms with Gasteiger partial charge in [-0.2, -0.15) is 11.8 Å². The summed E-state index contributed by atoms with van der Waals surface area (Å²) in [4.78, 5) is 0. The van der Waals surface area contributed by atoms with Crippen molar-refractivity contribution in [3.05, 3.63) is 23.2 Å². The molecule has 1 aliphatic rings. The highest BCUT2D eigenvalue weighted by Gasteiger charge is 2.41. The molecule has 0 amide bonds. The van der Waals surface area contributed by atoms with Gasteiger partial charge in [-0.1, -0.05) is 11.6 Å². The van der Waals surface area contributed by atoms with Crippen LogP contribution in [0.1, 0.15) is 12.8 Å². The van der Waals surface area contributed by atoms with Crippen molar-refractivity contribution in [2.75, 3.05) is 23.9 Å². The molecule has 0 aromatic heterocycles. The van der Waals surface area contributed by atoms with E-state index in [1.54, 1.807) is 6.07 Å². The summed E-state index contributed by atoms with van der Waals surface area (Å²) >= 11 is 8.01. The second-order valence-corrected chi connectivity index (χ2v) is 5.66. The second kappa shape index (κ2) is 4.14. The molecule has 1 aliphatic carbocycles. The predicted molar refractivity (Wildman–Crippen MR) is 69.8 cm³/mol. The zero-order chi connectivity index (χ0) is 10.9. The molecule has 0 aliphatic heterocycles. The van der Waals surface area contributed by atoms with E-state index in [2.05, 4.69) is 11.6 Å². The van der Waals surface area contributed by atoms with Crippen molar-refractivity contribution in [2.24, 2.45) is 0 Å². The molecule has 1 saturated carbocycles. The van der Waals surface area contributed by atoms with E-state index in [1.165, 1.54) is 12.8 Å². The van der Waals surface area contributed by atoms with Crippen LogP contribution in [0.4, 0.5) is 11.4 Å². The molecule has 0 heterocycles. The molecule has 0 atom stereocenters. The molecule has 1 aromatic rings. The summed E-state index contributed by atoms with van der Waals surface area (Å²) in [5.41, 5.74) is 7.31. The topological polar surface area (TPSA) is 38.0 Å². The van der Waals surface area contributed by atoms with E-state index < -0.39 is 0 Å². The van der Waals surface area contributed by atoms with E-state index in [-0.39, 0.29) is 0 Å². The highest BCUT2D eigenvalue weighted by Crippen LogP contribution is 2.47. The fourth-order valence-electron chi connectivity index (χ4n) is 1.52. The summed E-state index contributed by atoms with van der Waals surface area (Å²) in [7, 11) is 0. The van der Waals surface area contributed by atoms with Crippen molar-refractivity contribution >= 4 is 34.7 Å². The molecule has 15 heavy (non-hydrogen) atoms. The fourth-order valence-corrected chi connectivity index (χ4v) is 2.51. The molecule has 0 spiro atoms. The minimum Gasteiger partial charge on any atom is -0.399 e. The predicted octanol–water partition coefficient (Wildman–Crippen LogP) is 3.23. The number of nitrogens with one attached hydrogen (secondary N) is 1. The van der Waals surface area contributed by atoms with Gasteiger partial charge < -0.3 is 11.1 Å². The zero-order valence-corrected chi connectivity index (χ0v) is 10.3. The van der Waals surface area contributed by atoms with Crippen LogP contribution in [0.15, 0.2) is 18.2 Å². The van der Waals surface area contributed by atoms with E-state index in [0.29, 0.717) is 15.5 Å². The Labute approximate surface area is 99.6 Å². The van der Waals surface area contributed by atoms with Gasteiger partial charge in [-0.05, 0) is 37.3 Å². The number of anilines is 2. The molecule has 2 nitrogen and oxygen atoms in total. The largest absolute Gasteiger partial charge is 0.399 e. The minimum atomic E-state index is 0.449. The summed E-state index contributed by atoms with van der Waals surface area (Å²) in [6, 6.07) is 5.59. The van der Waals surface area contributed by atoms with Crippen molar-refractivity contribution in [2.45, 2.75) is 17.6 Å². The first kappa shape index (κ1) is 11.0. The number of benzene rings is 1. The number of rotatable bonds is 4. The third-order valence-electron chi connectivity index (χ3n) is 2.83. The number of hydrogen-bond acceptors (Lipinski definition) is 3. The van der Waals surface area contributed by atoms with E-state index in [0.717, 1.165) is 12.2 Å². The van der Waals surface area contributed by atoms with Gasteiger partial charge in [-0.15, -0.1) is 0 Å². The van der Waals surface area contributed by atoms with Crippen molar-refractivity contribution in [1.82, 2.24) is 0 Å². The molecule has 0 saturated heterocycles. The van der Waals surface area contributed by atoms with Gasteiger partial charge in [0.25, 0.3) is 0 Å². The average molecular weight is 243 g/mol. The number of halogens is 1. The van der Waals surface area contributed by atoms with Crippen LogP contribution in [-0.4, -0.2) is 17.5 Å². The van der Waals surface area contributed by atoms with Gasteiger partial charge in [-0.3, -0.25) is 0 Å². The van der Waals surface area contributed by atoms with Gasteiger partial charge in [-0.25, -0.2) is 0 Å². The van der Waals surface area contributed by atoms with E-state index >= 15 is 0 Å². The Hall–Kier alpha value is -0.540. The van der Waals surface area contributed by atoms with Crippen molar-refractivity contribution in [3.63, 3.8) is 0 Å². The van der Waals surface area contributed by atoms with Gasteiger partial charge in [0.15, 0.2) is 0 Å². The minimum absolute atomic E-state index is 0.449. The van der Waals surface area contributed by atoms with Gasteiger partial charge in [0.05, 0.1) is 10.7 Å². The lowest BCUT2D eigenvalue weighted by atomic mass is 10.2. The van der Waals surface area contributed by atoms with Crippen LogP contribution < -0.4 is 11.1 Å². The molecule has 2 rings (SSSR count). The first-order valence-corrected chi connectivity index (χ1v) is 6.59. The van der Waals surface area contributed by atoms with Crippen LogP contribution in [0.5, 0.6) is 0 Å². The molecule has 4 heteroatoms. The number of hydrogen-bond donors (Lipinski definition) is 2. The van der Waals surface area contributed by atoms with Crippen LogP contribution >= 0.6 is 23.4 Å². The standard InChI is InChI=1S/C11H15ClN2S/c1-15-11(4-5-11)7-14-10-3-2-8(13)6-9(10)12/h2-3,6,14H,4-5,7,13H2,1H3. The SMILES string of the molecule is CSC1(CNc2ccc(N)cc2Cl)CC1. The normalized spacial score (nSPS) is 17.5. The van der Waals surface area contributed by atoms with Crippen LogP contribution in [-0.2, 0) is 0 Å². The quantitative estimate of drug-likeness (QED) is 0.797. The zero-order valence-electron chi connectivity index (χ0n) is 8.72. The monoisotopic (exact) mass is 242 g/mol. The second-order valence-electron chi connectivity index (χ2n) is 3.98. The number of nitrogen functional groups attached to an aromatic ring is 1. The van der Waals surface area contributed by atoms with Gasteiger partial charge in [0.2, 0.25) is 0 Å². The lowest BCUT2D eigenvalue weighted by molar-refractivity contribution is 0.949. The Morgan fingerprint density at radius 3 is 2.80 bits per heavy atom. The number of nitrogens with two attached hydrogens (primary N) is 1. The highest BCUT2D eigenvalue weighted by atomic mass is 35.5. The summed E-state index contributed by atoms with van der Waals surface area (Å²) in [5, 5.41) is 4.09. The number of thioether (sulfide) groups is 1. The van der Waals surface area contributed by atoms with Gasteiger partial charge in [0.1, 0.15) is 0 Å². The van der Waals surface area contributed by atoms with E-state index in [4.69, 9.17) is 17.3 Å². The van der Waals surface area contributed by atoms with E-state index in [1.807, 2.05) is 23.9 Å². The first-order valence-electron chi connectivity index (χ1n) is 4.99. The molecule has 3 N–H and O–H groups in total. The summed E-state index contributed by atoms with van der Waals surface area (Å²) in [5.74, 6) is 0. The lowest BCUT2D eigenvalue weighted by Gasteiger charge is -2.15. The van der Waals surface area contributed by atoms with Crippen molar-refractivity contribution < 1.29 is 0 Å². The molecule has 1 fully saturated rings. The Morgan fingerprint density at radius 2 is 2.27 bits per heavy atom. The molecule has 0 bridgehead atoms. The van der Waals surface area contributed by atoms with Crippen molar-refractivity contribution in [1.29, 1.82) is 0 Å². The third kappa shape index (κ3) is 2.52. The summed E-state index contributed by atoms with van der Waals surface area (Å²) < 4.78 is 0.449. The maximum absolute atomic E-state index is 6.07. The van der Waals surface area contributed by atoms with Gasteiger partial charge >= 0.3 is 0 Å². The van der Waals surface area contributed by atoms with Crippen molar-refractivity contribution in [3.8, 4) is 0 Å². The molecule has 0 unspecified atom stereocenters.